The van der Waals surface area contributed by atoms with Crippen molar-refractivity contribution in [2.45, 2.75) is 37.0 Å². The largest absolute Gasteiger partial charge is 0.348 e. The Bertz CT molecular complexity index is 518. The van der Waals surface area contributed by atoms with Crippen LogP contribution in [-0.2, 0) is 0 Å². The third-order valence-corrected chi connectivity index (χ3v) is 5.20. The predicted molar refractivity (Wildman–Crippen MR) is 81.8 cm³/mol. The fourth-order valence-electron chi connectivity index (χ4n) is 2.38. The number of pyridine rings is 1. The van der Waals surface area contributed by atoms with Crippen molar-refractivity contribution in [3.63, 3.8) is 0 Å². The average Bonchev–Trinajstić information content (AvgIpc) is 2.42. The van der Waals surface area contributed by atoms with Crippen LogP contribution in [0, 0.1) is 0 Å². The minimum Gasteiger partial charge on any atom is -0.348 e. The standard InChI is InChI=1S/C13H17BrN2O2S/c1-19-11-5-3-2-4-10(11)16-12(17)8-6-9(14)13(18)15-7-8/h6-7,10-11H,2-5H2,1H3,(H,15,18)(H,16,17)/t10-,11+/m1/s1. The van der Waals surface area contributed by atoms with Gasteiger partial charge in [0.1, 0.15) is 0 Å². The molecule has 1 aromatic rings. The van der Waals surface area contributed by atoms with Crippen molar-refractivity contribution in [3.05, 3.63) is 32.7 Å². The van der Waals surface area contributed by atoms with Gasteiger partial charge in [-0.3, -0.25) is 9.59 Å². The summed E-state index contributed by atoms with van der Waals surface area (Å²) in [5, 5.41) is 3.57. The predicted octanol–water partition coefficient (Wildman–Crippen LogP) is 2.54. The van der Waals surface area contributed by atoms with Crippen LogP contribution in [0.25, 0.3) is 0 Å². The summed E-state index contributed by atoms with van der Waals surface area (Å²) in [5.74, 6) is -0.122. The van der Waals surface area contributed by atoms with Gasteiger partial charge in [0.15, 0.2) is 0 Å². The summed E-state index contributed by atoms with van der Waals surface area (Å²) < 4.78 is 0.380. The number of thioether (sulfide) groups is 1. The quantitative estimate of drug-likeness (QED) is 0.885. The summed E-state index contributed by atoms with van der Waals surface area (Å²) in [6, 6.07) is 1.78. The van der Waals surface area contributed by atoms with Crippen LogP contribution < -0.4 is 10.9 Å². The molecule has 0 spiro atoms. The van der Waals surface area contributed by atoms with Gasteiger partial charge < -0.3 is 10.3 Å². The minimum absolute atomic E-state index is 0.122. The second kappa shape index (κ2) is 6.61. The number of aromatic amines is 1. The highest BCUT2D eigenvalue weighted by molar-refractivity contribution is 9.10. The maximum Gasteiger partial charge on any atom is 0.262 e. The lowest BCUT2D eigenvalue weighted by Crippen LogP contribution is -2.43. The summed E-state index contributed by atoms with van der Waals surface area (Å²) in [6.45, 7) is 0. The molecule has 1 aliphatic carbocycles. The highest BCUT2D eigenvalue weighted by atomic mass is 79.9. The summed E-state index contributed by atoms with van der Waals surface area (Å²) in [7, 11) is 0. The summed E-state index contributed by atoms with van der Waals surface area (Å²) in [4.78, 5) is 26.0. The first-order valence-electron chi connectivity index (χ1n) is 6.33. The molecule has 2 N–H and O–H groups in total. The van der Waals surface area contributed by atoms with Gasteiger partial charge in [-0.05, 0) is 41.1 Å². The molecule has 4 nitrogen and oxygen atoms in total. The van der Waals surface area contributed by atoms with E-state index in [1.165, 1.54) is 12.6 Å². The number of rotatable bonds is 3. The van der Waals surface area contributed by atoms with Crippen LogP contribution in [0.2, 0.25) is 0 Å². The van der Waals surface area contributed by atoms with Crippen LogP contribution in [0.1, 0.15) is 36.0 Å². The smallest absolute Gasteiger partial charge is 0.262 e. The third-order valence-electron chi connectivity index (χ3n) is 3.44. The molecule has 1 saturated carbocycles. The first-order valence-corrected chi connectivity index (χ1v) is 8.42. The molecule has 0 aromatic carbocycles. The molecule has 0 bridgehead atoms. The van der Waals surface area contributed by atoms with E-state index in [9.17, 15) is 9.59 Å². The summed E-state index contributed by atoms with van der Waals surface area (Å²) in [6.07, 6.45) is 8.13. The van der Waals surface area contributed by atoms with Crippen LogP contribution in [-0.4, -0.2) is 28.4 Å². The Morgan fingerprint density at radius 3 is 2.89 bits per heavy atom. The van der Waals surface area contributed by atoms with Crippen LogP contribution in [0.3, 0.4) is 0 Å². The highest BCUT2D eigenvalue weighted by Crippen LogP contribution is 2.27. The molecule has 19 heavy (non-hydrogen) atoms. The van der Waals surface area contributed by atoms with Crippen molar-refractivity contribution in [1.29, 1.82) is 0 Å². The molecule has 2 atom stereocenters. The molecule has 0 saturated heterocycles. The van der Waals surface area contributed by atoms with Crippen molar-refractivity contribution in [2.75, 3.05) is 6.26 Å². The number of hydrogen-bond donors (Lipinski definition) is 2. The van der Waals surface area contributed by atoms with Crippen LogP contribution in [0.5, 0.6) is 0 Å². The molecule has 6 heteroatoms. The van der Waals surface area contributed by atoms with Crippen molar-refractivity contribution < 1.29 is 4.79 Å². The van der Waals surface area contributed by atoms with Crippen molar-refractivity contribution >= 4 is 33.6 Å². The van der Waals surface area contributed by atoms with Gasteiger partial charge in [0.05, 0.1) is 10.0 Å². The summed E-state index contributed by atoms with van der Waals surface area (Å²) >= 11 is 4.95. The molecule has 0 radical (unpaired) electrons. The Labute approximate surface area is 124 Å². The second-order valence-electron chi connectivity index (χ2n) is 4.70. The molecule has 1 fully saturated rings. The molecule has 2 rings (SSSR count). The van der Waals surface area contributed by atoms with Gasteiger partial charge >= 0.3 is 0 Å². The third kappa shape index (κ3) is 3.63. The number of H-pyrrole nitrogens is 1. The first kappa shape index (κ1) is 14.7. The minimum atomic E-state index is -0.226. The molecule has 1 amide bonds. The van der Waals surface area contributed by atoms with Gasteiger partial charge in [-0.15, -0.1) is 0 Å². The lowest BCUT2D eigenvalue weighted by Gasteiger charge is -2.30. The van der Waals surface area contributed by atoms with E-state index in [1.54, 1.807) is 6.07 Å². The van der Waals surface area contributed by atoms with Crippen LogP contribution in [0.15, 0.2) is 21.5 Å². The van der Waals surface area contributed by atoms with Crippen LogP contribution in [0.4, 0.5) is 0 Å². The molecular formula is C13H17BrN2O2S. The maximum absolute atomic E-state index is 12.2. The number of amides is 1. The Hall–Kier alpha value is -0.750. The Balaban J connectivity index is 2.07. The van der Waals surface area contributed by atoms with Gasteiger partial charge in [0.25, 0.3) is 11.5 Å². The number of aromatic nitrogens is 1. The molecule has 1 heterocycles. The van der Waals surface area contributed by atoms with Gasteiger partial charge in [0, 0.05) is 17.5 Å². The van der Waals surface area contributed by atoms with Gasteiger partial charge in [-0.2, -0.15) is 11.8 Å². The van der Waals surface area contributed by atoms with E-state index in [0.29, 0.717) is 15.3 Å². The lowest BCUT2D eigenvalue weighted by atomic mass is 9.94. The van der Waals surface area contributed by atoms with E-state index >= 15 is 0 Å². The number of carbonyl (C=O) groups excluding carboxylic acids is 1. The zero-order chi connectivity index (χ0) is 13.8. The average molecular weight is 345 g/mol. The van der Waals surface area contributed by atoms with Gasteiger partial charge in [-0.1, -0.05) is 12.8 Å². The lowest BCUT2D eigenvalue weighted by molar-refractivity contribution is 0.0929. The number of halogens is 1. The summed E-state index contributed by atoms with van der Waals surface area (Å²) in [5.41, 5.74) is 0.258. The number of hydrogen-bond acceptors (Lipinski definition) is 3. The molecular weight excluding hydrogens is 328 g/mol. The van der Waals surface area contributed by atoms with Gasteiger partial charge in [0.2, 0.25) is 0 Å². The first-order chi connectivity index (χ1) is 9.11. The Morgan fingerprint density at radius 1 is 1.47 bits per heavy atom. The Morgan fingerprint density at radius 2 is 2.21 bits per heavy atom. The fourth-order valence-corrected chi connectivity index (χ4v) is 3.68. The zero-order valence-corrected chi connectivity index (χ0v) is 13.1. The highest BCUT2D eigenvalue weighted by Gasteiger charge is 2.26. The number of nitrogens with one attached hydrogen (secondary N) is 2. The van der Waals surface area contributed by atoms with E-state index in [4.69, 9.17) is 0 Å². The van der Waals surface area contributed by atoms with E-state index in [2.05, 4.69) is 32.5 Å². The van der Waals surface area contributed by atoms with E-state index in [1.807, 2.05) is 11.8 Å². The maximum atomic E-state index is 12.2. The fraction of sp³-hybridized carbons (Fsp3) is 0.538. The van der Waals surface area contributed by atoms with E-state index < -0.39 is 0 Å². The number of carbonyl (C=O) groups is 1. The Kier molecular flexibility index (Phi) is 5.10. The van der Waals surface area contributed by atoms with Crippen molar-refractivity contribution in [2.24, 2.45) is 0 Å². The molecule has 0 unspecified atom stereocenters. The van der Waals surface area contributed by atoms with E-state index in [-0.39, 0.29) is 17.5 Å². The SMILES string of the molecule is CS[C@H]1CCCC[C@H]1NC(=O)c1c[nH]c(=O)c(Br)c1. The van der Waals surface area contributed by atoms with Crippen molar-refractivity contribution in [1.82, 2.24) is 10.3 Å². The van der Waals surface area contributed by atoms with E-state index in [0.717, 1.165) is 19.3 Å². The molecule has 0 aliphatic heterocycles. The van der Waals surface area contributed by atoms with Crippen LogP contribution >= 0.6 is 27.7 Å². The zero-order valence-electron chi connectivity index (χ0n) is 10.7. The normalized spacial score (nSPS) is 23.1. The second-order valence-corrected chi connectivity index (χ2v) is 6.64. The molecule has 1 aliphatic rings. The monoisotopic (exact) mass is 344 g/mol. The topological polar surface area (TPSA) is 62.0 Å². The van der Waals surface area contributed by atoms with Gasteiger partial charge in [-0.25, -0.2) is 0 Å². The molecule has 1 aromatic heterocycles. The van der Waals surface area contributed by atoms with Crippen molar-refractivity contribution in [3.8, 4) is 0 Å². The molecule has 104 valence electrons.